The molecule has 3 amide bonds. The summed E-state index contributed by atoms with van der Waals surface area (Å²) in [5, 5.41) is 6.93. The summed E-state index contributed by atoms with van der Waals surface area (Å²) in [6.45, 7) is 11.2. The van der Waals surface area contributed by atoms with Crippen LogP contribution in [0, 0.1) is 12.8 Å². The number of Topliss-reactive ketones (excluding diaryl/α,β-unsaturated/α-hetero) is 1. The molecule has 0 spiro atoms. The van der Waals surface area contributed by atoms with Crippen molar-refractivity contribution in [2.24, 2.45) is 11.1 Å². The van der Waals surface area contributed by atoms with Gasteiger partial charge in [0.15, 0.2) is 11.5 Å². The number of ketones is 1. The molecule has 5 aromatic rings. The Morgan fingerprint density at radius 1 is 0.759 bits per heavy atom. The number of oxime groups is 1. The smallest absolute Gasteiger partial charge is 0.425 e. The predicted octanol–water partition coefficient (Wildman–Crippen LogP) is 11.9. The molecule has 0 saturated carbocycles. The molecule has 3 atom stereocenters. The number of hydrogen-bond donors (Lipinski definition) is 1. The van der Waals surface area contributed by atoms with Gasteiger partial charge in [-0.3, -0.25) is 19.2 Å². The van der Waals surface area contributed by atoms with E-state index in [4.69, 9.17) is 31.7 Å². The van der Waals surface area contributed by atoms with E-state index in [1.54, 1.807) is 41.8 Å². The Morgan fingerprint density at radius 2 is 1.39 bits per heavy atom. The molecule has 0 aliphatic carbocycles. The molecule has 0 radical (unpaired) electrons. The summed E-state index contributed by atoms with van der Waals surface area (Å²) in [4.78, 5) is 63.6. The van der Waals surface area contributed by atoms with Crippen molar-refractivity contribution in [1.29, 1.82) is 0 Å². The van der Waals surface area contributed by atoms with E-state index in [9.17, 15) is 19.2 Å². The van der Waals surface area contributed by atoms with E-state index in [1.807, 2.05) is 95.6 Å². The van der Waals surface area contributed by atoms with Gasteiger partial charge in [-0.05, 0) is 185 Å². The van der Waals surface area contributed by atoms with Gasteiger partial charge >= 0.3 is 10.6 Å². The third kappa shape index (κ3) is 15.0. The lowest BCUT2D eigenvalue weighted by Crippen LogP contribution is -2.40. The Labute approximate surface area is 473 Å². The van der Waals surface area contributed by atoms with Gasteiger partial charge < -0.3 is 34.2 Å². The number of rotatable bonds is 23. The Kier molecular flexibility index (Phi) is 20.0. The number of nitrogens with zero attached hydrogens (tertiary/aromatic N) is 3. The molecule has 1 unspecified atom stereocenters. The molecule has 0 bridgehead atoms. The van der Waals surface area contributed by atoms with E-state index in [0.29, 0.717) is 67.2 Å². The number of anilines is 3. The molecule has 4 heterocycles. The maximum atomic E-state index is 14.3. The lowest BCUT2D eigenvalue weighted by atomic mass is 9.91. The monoisotopic (exact) mass is 1130 g/mol. The Morgan fingerprint density at radius 3 is 2.10 bits per heavy atom. The van der Waals surface area contributed by atoms with Crippen LogP contribution in [0.15, 0.2) is 96.2 Å². The number of carbonyl (C=O) groups excluding carboxylic acids is 4. The number of fused-ring (bicyclic) bond motifs is 8. The molecule has 0 saturated heterocycles. The van der Waals surface area contributed by atoms with Gasteiger partial charge in [0.05, 0.1) is 7.11 Å². The third-order valence-electron chi connectivity index (χ3n) is 14.9. The van der Waals surface area contributed by atoms with E-state index in [1.165, 1.54) is 11.1 Å². The normalized spacial score (nSPS) is 17.0. The van der Waals surface area contributed by atoms with Crippen molar-refractivity contribution < 1.29 is 50.9 Å². The quantitative estimate of drug-likeness (QED) is 0.0282. The van der Waals surface area contributed by atoms with Crippen LogP contribution >= 0.6 is 21.6 Å². The van der Waals surface area contributed by atoms with Crippen LogP contribution in [-0.2, 0) is 63.9 Å². The van der Waals surface area contributed by atoms with Gasteiger partial charge in [-0.1, -0.05) is 70.1 Å². The molecule has 5 aromatic carbocycles. The summed E-state index contributed by atoms with van der Waals surface area (Å²) < 4.78 is 44.3. The van der Waals surface area contributed by atoms with E-state index in [-0.39, 0.29) is 59.5 Å². The fourth-order valence-corrected chi connectivity index (χ4v) is 13.6. The fourth-order valence-electron chi connectivity index (χ4n) is 11.0. The highest BCUT2D eigenvalue weighted by molar-refractivity contribution is 8.77. The third-order valence-corrected chi connectivity index (χ3v) is 18.3. The topological polar surface area (TPSA) is 187 Å². The van der Waals surface area contributed by atoms with Gasteiger partial charge in [0, 0.05) is 76.2 Å². The first kappa shape index (κ1) is 58.5. The molecule has 0 aromatic heterocycles. The van der Waals surface area contributed by atoms with Crippen LogP contribution in [0.3, 0.4) is 0 Å². The molecule has 4 aliphatic rings. The van der Waals surface area contributed by atoms with Crippen molar-refractivity contribution in [3.8, 4) is 17.2 Å². The highest BCUT2D eigenvalue weighted by atomic mass is 33.1. The standard InChI is InChI=1S/C61H70N4O8S2.O3S/c1-7-62-73-25-13-12-17-49(66)18-14-26-74-75-61(4,5)24-23-58(67)63-47-30-41(37-71-55-34-43-21-22-48-32-44-15-8-10-19-52(44)64(48)59(68)50(43)28-40(55)3)29-42(31-47)38-72-57-35-46-27-39(2)54-33-45-16-9-11-20-53(45)65(54)60(69)51(46)36-56(57)70-6;1-4(2)3/h7-11,15-16,19-20,28-31,34-36,39,48,54H,12-14,17-18,21-27,32-33,37-38H2,1-6H3,(H,63,67);/b62-7-;/t39?,48-,54+;/m1./s1. The maximum Gasteiger partial charge on any atom is 0.425 e. The minimum absolute atomic E-state index is 0.0265. The zero-order valence-electron chi connectivity index (χ0n) is 45.8. The summed E-state index contributed by atoms with van der Waals surface area (Å²) in [6.07, 6.45) is 10.2. The van der Waals surface area contributed by atoms with Crippen molar-refractivity contribution >= 4 is 79.0 Å². The predicted molar refractivity (Wildman–Crippen MR) is 312 cm³/mol. The van der Waals surface area contributed by atoms with E-state index in [0.717, 1.165) is 95.5 Å². The second-order valence-electron chi connectivity index (χ2n) is 21.2. The lowest BCUT2D eigenvalue weighted by Gasteiger charge is -2.27. The molecule has 15 nitrogen and oxygen atoms in total. The fraction of sp³-hybridized carbons (Fsp3) is 0.426. The molecule has 9 rings (SSSR count). The van der Waals surface area contributed by atoms with Crippen LogP contribution < -0.4 is 29.3 Å². The number of benzene rings is 5. The van der Waals surface area contributed by atoms with Crippen molar-refractivity contribution in [1.82, 2.24) is 0 Å². The average Bonchev–Trinajstić information content (AvgIpc) is 4.13. The summed E-state index contributed by atoms with van der Waals surface area (Å²) >= 11 is 0. The minimum Gasteiger partial charge on any atom is -0.493 e. The number of unbranched alkanes of at least 4 members (excludes halogenated alkanes) is 1. The first-order chi connectivity index (χ1) is 38.0. The molecule has 79 heavy (non-hydrogen) atoms. The van der Waals surface area contributed by atoms with Gasteiger partial charge in [-0.2, -0.15) is 0 Å². The van der Waals surface area contributed by atoms with Crippen LogP contribution in [0.2, 0.25) is 0 Å². The molecule has 18 heteroatoms. The number of ether oxygens (including phenoxy) is 3. The zero-order valence-corrected chi connectivity index (χ0v) is 48.3. The van der Waals surface area contributed by atoms with Crippen LogP contribution in [0.1, 0.15) is 139 Å². The number of amides is 3. The van der Waals surface area contributed by atoms with E-state index >= 15 is 0 Å². The summed E-state index contributed by atoms with van der Waals surface area (Å²) in [5.74, 6) is 2.98. The number of hydrogen-bond acceptors (Lipinski definition) is 14. The van der Waals surface area contributed by atoms with Gasteiger partial charge in [0.25, 0.3) is 11.8 Å². The largest absolute Gasteiger partial charge is 0.493 e. The average molecular weight is 1130 g/mol. The first-order valence-electron chi connectivity index (χ1n) is 27.1. The molecular formula is C61H70N4O11S3. The van der Waals surface area contributed by atoms with Crippen LogP contribution in [0.5, 0.6) is 17.2 Å². The van der Waals surface area contributed by atoms with Crippen molar-refractivity contribution in [2.75, 3.05) is 34.6 Å². The minimum atomic E-state index is -3.11. The van der Waals surface area contributed by atoms with Crippen LogP contribution in [0.4, 0.5) is 17.1 Å². The second-order valence-corrected chi connectivity index (χ2v) is 24.8. The van der Waals surface area contributed by atoms with Crippen LogP contribution in [-0.4, -0.2) is 78.6 Å². The van der Waals surface area contributed by atoms with Gasteiger partial charge in [0.2, 0.25) is 5.91 Å². The zero-order chi connectivity index (χ0) is 56.2. The summed E-state index contributed by atoms with van der Waals surface area (Å²) in [7, 11) is 1.99. The highest BCUT2D eigenvalue weighted by Crippen LogP contribution is 2.44. The van der Waals surface area contributed by atoms with Crippen molar-refractivity contribution in [3.05, 3.63) is 141 Å². The molecule has 4 aliphatic heterocycles. The number of carbonyl (C=O) groups is 4. The van der Waals surface area contributed by atoms with E-state index in [2.05, 4.69) is 43.4 Å². The number of aryl methyl sites for hydroxylation is 2. The Hall–Kier alpha value is -6.63. The van der Waals surface area contributed by atoms with Crippen molar-refractivity contribution in [2.45, 2.75) is 142 Å². The van der Waals surface area contributed by atoms with Crippen LogP contribution in [0.25, 0.3) is 0 Å². The molecule has 1 N–H and O–H groups in total. The molecule has 0 fully saturated rings. The maximum absolute atomic E-state index is 14.3. The van der Waals surface area contributed by atoms with Gasteiger partial charge in [-0.25, -0.2) is 0 Å². The summed E-state index contributed by atoms with van der Waals surface area (Å²) in [6, 6.07) is 30.3. The van der Waals surface area contributed by atoms with Crippen molar-refractivity contribution in [3.63, 3.8) is 0 Å². The Balaban J connectivity index is 0.00000199. The lowest BCUT2D eigenvalue weighted by molar-refractivity contribution is -0.119. The highest BCUT2D eigenvalue weighted by Gasteiger charge is 2.41. The van der Waals surface area contributed by atoms with E-state index < -0.39 is 10.6 Å². The second kappa shape index (κ2) is 27.0. The number of methoxy groups -OCH3 is 1. The SMILES string of the molecule is C/C=N\OCCCCC(=O)CCCSSC(C)(C)CCC(=O)Nc1cc(COc2cc3c(cc2C)C(=O)N2c4ccccc4C[C@H]2CC3)cc(COc2cc3c(cc2OC)C(=O)N2c4ccccc4C[C@H]2C(C)C3)c1.O=S(=O)=O. The molecule has 418 valence electrons. The summed E-state index contributed by atoms with van der Waals surface area (Å²) in [5.41, 5.74) is 10.8. The van der Waals surface area contributed by atoms with Gasteiger partial charge in [0.1, 0.15) is 31.4 Å². The first-order valence-corrected chi connectivity index (χ1v) is 30.4. The number of nitrogens with one attached hydrogen (secondary N) is 1. The molecular weight excluding hydrogens is 1060 g/mol. The van der Waals surface area contributed by atoms with Gasteiger partial charge in [-0.15, -0.1) is 12.6 Å². The number of para-hydroxylation sites is 2. The Bertz CT molecular complexity index is 3200.